The van der Waals surface area contributed by atoms with E-state index in [-0.39, 0.29) is 5.69 Å². The summed E-state index contributed by atoms with van der Waals surface area (Å²) in [5, 5.41) is 21.5. The Hall–Kier alpha value is -3.27. The highest BCUT2D eigenvalue weighted by molar-refractivity contribution is 7.98. The van der Waals surface area contributed by atoms with E-state index in [1.165, 1.54) is 17.8 Å². The monoisotopic (exact) mass is 367 g/mol. The van der Waals surface area contributed by atoms with E-state index in [4.69, 9.17) is 5.11 Å². The molecule has 4 rings (SSSR count). The Morgan fingerprint density at radius 2 is 2.00 bits per heavy atom. The Labute approximate surface area is 151 Å². The van der Waals surface area contributed by atoms with Crippen molar-refractivity contribution in [2.45, 2.75) is 10.9 Å². The van der Waals surface area contributed by atoms with Crippen LogP contribution in [0.15, 0.2) is 47.6 Å². The van der Waals surface area contributed by atoms with Crippen molar-refractivity contribution in [1.29, 1.82) is 0 Å². The molecule has 0 atom stereocenters. The molecule has 0 saturated heterocycles. The number of hydrogen-bond acceptors (Lipinski definition) is 7. The number of carbonyl (C=O) groups is 1. The molecule has 4 aromatic rings. The summed E-state index contributed by atoms with van der Waals surface area (Å²) in [4.78, 5) is 19.9. The van der Waals surface area contributed by atoms with E-state index in [1.54, 1.807) is 23.9 Å². The average molecular weight is 367 g/mol. The lowest BCUT2D eigenvalue weighted by atomic mass is 10.3. The number of thioether (sulfide) groups is 1. The number of benzene rings is 1. The number of carboxylic acid groups (broad SMARTS) is 1. The number of pyridine rings is 1. The van der Waals surface area contributed by atoms with E-state index in [9.17, 15) is 4.79 Å². The van der Waals surface area contributed by atoms with Gasteiger partial charge in [0.25, 0.3) is 5.95 Å². The number of fused-ring (bicyclic) bond motifs is 1. The maximum atomic E-state index is 11.1. The quantitative estimate of drug-likeness (QED) is 0.533. The average Bonchev–Trinajstić information content (AvgIpc) is 3.22. The van der Waals surface area contributed by atoms with Crippen molar-refractivity contribution >= 4 is 28.8 Å². The predicted molar refractivity (Wildman–Crippen MR) is 94.2 cm³/mol. The second-order valence-electron chi connectivity index (χ2n) is 5.43. The number of hydrogen-bond donors (Lipinski definition) is 1. The van der Waals surface area contributed by atoms with Crippen LogP contribution < -0.4 is 0 Å². The lowest BCUT2D eigenvalue weighted by Gasteiger charge is -2.06. The van der Waals surface area contributed by atoms with Crippen LogP contribution in [0, 0.1) is 0 Å². The van der Waals surface area contributed by atoms with Crippen molar-refractivity contribution in [2.24, 2.45) is 7.05 Å². The maximum absolute atomic E-state index is 11.1. The summed E-state index contributed by atoms with van der Waals surface area (Å²) in [6, 6.07) is 12.7. The van der Waals surface area contributed by atoms with Gasteiger partial charge in [0.15, 0.2) is 5.16 Å². The molecule has 0 spiro atoms. The first-order valence-electron chi connectivity index (χ1n) is 7.66. The van der Waals surface area contributed by atoms with Gasteiger partial charge in [0.05, 0.1) is 16.7 Å². The number of aryl methyl sites for hydroxylation is 1. The van der Waals surface area contributed by atoms with Gasteiger partial charge in [-0.05, 0) is 34.7 Å². The number of para-hydroxylation sites is 2. The van der Waals surface area contributed by atoms with E-state index in [2.05, 4.69) is 25.5 Å². The normalized spacial score (nSPS) is 11.1. The molecule has 3 heterocycles. The number of nitrogens with zero attached hydrogens (tertiary/aromatic N) is 7. The third-order valence-corrected chi connectivity index (χ3v) is 4.67. The first-order chi connectivity index (χ1) is 12.6. The van der Waals surface area contributed by atoms with E-state index in [0.29, 0.717) is 22.6 Å². The Bertz CT molecular complexity index is 1100. The maximum Gasteiger partial charge on any atom is 0.354 e. The van der Waals surface area contributed by atoms with Crippen LogP contribution in [0.1, 0.15) is 16.2 Å². The van der Waals surface area contributed by atoms with Gasteiger partial charge in [0.1, 0.15) is 5.69 Å². The SMILES string of the molecule is Cn1nnnc1-n1c(SCc2cccc(C(=O)O)n2)nc2ccccc21. The van der Waals surface area contributed by atoms with Crippen LogP contribution >= 0.6 is 11.8 Å². The molecule has 0 aliphatic heterocycles. The largest absolute Gasteiger partial charge is 0.477 e. The first-order valence-corrected chi connectivity index (χ1v) is 8.64. The van der Waals surface area contributed by atoms with Crippen molar-refractivity contribution in [3.63, 3.8) is 0 Å². The summed E-state index contributed by atoms with van der Waals surface area (Å²) >= 11 is 1.44. The van der Waals surface area contributed by atoms with E-state index >= 15 is 0 Å². The van der Waals surface area contributed by atoms with Crippen molar-refractivity contribution in [2.75, 3.05) is 0 Å². The highest BCUT2D eigenvalue weighted by atomic mass is 32.2. The Kier molecular flexibility index (Phi) is 4.09. The molecule has 0 unspecified atom stereocenters. The van der Waals surface area contributed by atoms with Crippen molar-refractivity contribution in [1.82, 2.24) is 34.7 Å². The van der Waals surface area contributed by atoms with E-state index in [0.717, 1.165) is 11.0 Å². The number of imidazole rings is 1. The lowest BCUT2D eigenvalue weighted by Crippen LogP contribution is -2.06. The van der Waals surface area contributed by atoms with E-state index in [1.807, 2.05) is 28.8 Å². The molecule has 9 nitrogen and oxygen atoms in total. The van der Waals surface area contributed by atoms with E-state index < -0.39 is 5.97 Å². The van der Waals surface area contributed by atoms with Crippen LogP contribution in [-0.2, 0) is 12.8 Å². The zero-order valence-electron chi connectivity index (χ0n) is 13.6. The van der Waals surface area contributed by atoms with Gasteiger partial charge in [-0.2, -0.15) is 0 Å². The molecule has 26 heavy (non-hydrogen) atoms. The summed E-state index contributed by atoms with van der Waals surface area (Å²) in [6.07, 6.45) is 0. The summed E-state index contributed by atoms with van der Waals surface area (Å²) in [6.45, 7) is 0. The summed E-state index contributed by atoms with van der Waals surface area (Å²) in [5.41, 5.74) is 2.39. The molecule has 0 radical (unpaired) electrons. The van der Waals surface area contributed by atoms with Gasteiger partial charge in [-0.25, -0.2) is 19.4 Å². The second-order valence-corrected chi connectivity index (χ2v) is 6.37. The molecular formula is C16H13N7O2S. The predicted octanol–water partition coefficient (Wildman–Crippen LogP) is 1.93. The molecule has 1 N–H and O–H groups in total. The number of rotatable bonds is 5. The third-order valence-electron chi connectivity index (χ3n) is 3.70. The molecule has 10 heteroatoms. The van der Waals surface area contributed by atoms with Gasteiger partial charge in [-0.15, -0.1) is 0 Å². The van der Waals surface area contributed by atoms with Crippen LogP contribution in [0.25, 0.3) is 17.0 Å². The Morgan fingerprint density at radius 1 is 1.15 bits per heavy atom. The van der Waals surface area contributed by atoms with Crippen LogP contribution in [0.4, 0.5) is 0 Å². The number of tetrazole rings is 1. The molecular weight excluding hydrogens is 354 g/mol. The van der Waals surface area contributed by atoms with Crippen molar-refractivity contribution in [3.05, 3.63) is 53.9 Å². The van der Waals surface area contributed by atoms with Gasteiger partial charge >= 0.3 is 5.97 Å². The Morgan fingerprint density at radius 3 is 2.77 bits per heavy atom. The zero-order valence-corrected chi connectivity index (χ0v) is 14.5. The fourth-order valence-electron chi connectivity index (χ4n) is 2.53. The van der Waals surface area contributed by atoms with Crippen molar-refractivity contribution < 1.29 is 9.90 Å². The summed E-state index contributed by atoms with van der Waals surface area (Å²) in [7, 11) is 1.76. The molecule has 0 fully saturated rings. The number of carboxylic acids is 1. The van der Waals surface area contributed by atoms with Gasteiger partial charge in [0.2, 0.25) is 0 Å². The van der Waals surface area contributed by atoms with Crippen LogP contribution in [0.2, 0.25) is 0 Å². The van der Waals surface area contributed by atoms with Gasteiger partial charge in [-0.1, -0.05) is 35.1 Å². The van der Waals surface area contributed by atoms with Gasteiger partial charge in [0, 0.05) is 12.8 Å². The number of aromatic nitrogens is 7. The Balaban J connectivity index is 1.72. The van der Waals surface area contributed by atoms with Crippen LogP contribution in [0.5, 0.6) is 0 Å². The second kappa shape index (κ2) is 6.56. The minimum Gasteiger partial charge on any atom is -0.477 e. The molecule has 130 valence electrons. The van der Waals surface area contributed by atoms with Crippen LogP contribution in [0.3, 0.4) is 0 Å². The minimum atomic E-state index is -1.05. The smallest absolute Gasteiger partial charge is 0.354 e. The topological polar surface area (TPSA) is 112 Å². The lowest BCUT2D eigenvalue weighted by molar-refractivity contribution is 0.0690. The fraction of sp³-hybridized carbons (Fsp3) is 0.125. The molecule has 1 aromatic carbocycles. The summed E-state index contributed by atoms with van der Waals surface area (Å²) < 4.78 is 3.45. The molecule has 0 aliphatic carbocycles. The molecule has 0 amide bonds. The molecule has 0 bridgehead atoms. The highest BCUT2D eigenvalue weighted by Gasteiger charge is 2.17. The van der Waals surface area contributed by atoms with Gasteiger partial charge in [-0.3, -0.25) is 4.57 Å². The third kappa shape index (κ3) is 2.90. The first kappa shape index (κ1) is 16.2. The van der Waals surface area contributed by atoms with Crippen LogP contribution in [-0.4, -0.2) is 45.8 Å². The fourth-order valence-corrected chi connectivity index (χ4v) is 3.44. The summed E-state index contributed by atoms with van der Waals surface area (Å²) in [5.74, 6) is -0.0295. The van der Waals surface area contributed by atoms with Crippen molar-refractivity contribution in [3.8, 4) is 5.95 Å². The molecule has 3 aromatic heterocycles. The number of aromatic carboxylic acids is 1. The highest BCUT2D eigenvalue weighted by Crippen LogP contribution is 2.28. The zero-order chi connectivity index (χ0) is 18.1. The molecule has 0 aliphatic rings. The minimum absolute atomic E-state index is 0.0223. The molecule has 0 saturated carbocycles. The standard InChI is InChI=1S/C16H13N7O2S/c1-22-15(19-20-21-22)23-13-8-3-2-6-11(13)18-16(23)26-9-10-5-4-7-12(17-10)14(24)25/h2-8H,9H2,1H3,(H,24,25). The van der Waals surface area contributed by atoms with Gasteiger partial charge < -0.3 is 5.11 Å².